The number of rotatable bonds is 18. The molecule has 0 unspecified atom stereocenters. The standard InChI is InChI=1S/C41H54N2O10/c1-28(2)38(44)50-26-36(24-48-34-11-7-5-8-12-34)52-40(46)42-32-19-15-30(16-20-32)23-31-17-21-33(22-18-31)43-41(47)53-37(27-51-39(45)29(3)4)25-49-35-13-9-6-10-14-35/h5-14,30-33,36-37H,1,3,15-27H2,2,4H3,(H,42,46)(H,43,47)/t30?,31?,32?,33?,36-,37-/m0/s1. The second-order valence-electron chi connectivity index (χ2n) is 14.0. The molecule has 0 saturated heterocycles. The van der Waals surface area contributed by atoms with E-state index in [4.69, 9.17) is 28.4 Å². The van der Waals surface area contributed by atoms with Gasteiger partial charge in [-0.1, -0.05) is 49.6 Å². The van der Waals surface area contributed by atoms with Crippen LogP contribution in [0.3, 0.4) is 0 Å². The Bertz CT molecular complexity index is 1370. The van der Waals surface area contributed by atoms with Crippen molar-refractivity contribution < 1.29 is 47.6 Å². The fraction of sp³-hybridized carbons (Fsp3) is 0.512. The summed E-state index contributed by atoms with van der Waals surface area (Å²) in [5, 5.41) is 5.98. The summed E-state index contributed by atoms with van der Waals surface area (Å²) in [5.74, 6) is 1.27. The average molecular weight is 735 g/mol. The first kappa shape index (κ1) is 40.8. The fourth-order valence-corrected chi connectivity index (χ4v) is 6.49. The lowest BCUT2D eigenvalue weighted by Gasteiger charge is -2.34. The van der Waals surface area contributed by atoms with Crippen LogP contribution in [0.5, 0.6) is 11.5 Å². The zero-order chi connectivity index (χ0) is 38.0. The highest BCUT2D eigenvalue weighted by atomic mass is 16.6. The van der Waals surface area contributed by atoms with Crippen LogP contribution in [-0.4, -0.2) is 74.8 Å². The van der Waals surface area contributed by atoms with Gasteiger partial charge in [-0.3, -0.25) is 0 Å². The summed E-state index contributed by atoms with van der Waals surface area (Å²) in [5.41, 5.74) is 0.519. The highest BCUT2D eigenvalue weighted by molar-refractivity contribution is 5.87. The van der Waals surface area contributed by atoms with Crippen LogP contribution in [0.2, 0.25) is 0 Å². The minimum absolute atomic E-state index is 0.00425. The summed E-state index contributed by atoms with van der Waals surface area (Å²) in [4.78, 5) is 49.6. The summed E-state index contributed by atoms with van der Waals surface area (Å²) >= 11 is 0. The fourth-order valence-electron chi connectivity index (χ4n) is 6.49. The van der Waals surface area contributed by atoms with E-state index >= 15 is 0 Å². The molecule has 2 aromatic rings. The monoisotopic (exact) mass is 734 g/mol. The molecule has 0 heterocycles. The maximum atomic E-state index is 12.8. The second kappa shape index (κ2) is 21.5. The van der Waals surface area contributed by atoms with E-state index in [1.54, 1.807) is 38.1 Å². The van der Waals surface area contributed by atoms with Crippen LogP contribution >= 0.6 is 0 Å². The molecule has 4 rings (SSSR count). The second-order valence-corrected chi connectivity index (χ2v) is 14.0. The predicted octanol–water partition coefficient (Wildman–Crippen LogP) is 7.08. The van der Waals surface area contributed by atoms with Crippen molar-refractivity contribution in [3.05, 3.63) is 85.0 Å². The zero-order valence-electron chi connectivity index (χ0n) is 30.9. The number of alkyl carbamates (subject to hydrolysis) is 2. The summed E-state index contributed by atoms with van der Waals surface area (Å²) in [6, 6.07) is 18.3. The van der Waals surface area contributed by atoms with E-state index in [1.807, 2.05) is 36.4 Å². The van der Waals surface area contributed by atoms with Gasteiger partial charge < -0.3 is 39.1 Å². The van der Waals surface area contributed by atoms with Gasteiger partial charge in [-0.2, -0.15) is 0 Å². The van der Waals surface area contributed by atoms with E-state index < -0.39 is 36.3 Å². The van der Waals surface area contributed by atoms with Gasteiger partial charge in [0.15, 0.2) is 12.2 Å². The van der Waals surface area contributed by atoms with Gasteiger partial charge >= 0.3 is 24.1 Å². The Kier molecular flexibility index (Phi) is 16.5. The van der Waals surface area contributed by atoms with Crippen LogP contribution in [-0.2, 0) is 28.5 Å². The predicted molar refractivity (Wildman–Crippen MR) is 198 cm³/mol. The average Bonchev–Trinajstić information content (AvgIpc) is 3.15. The van der Waals surface area contributed by atoms with Crippen molar-refractivity contribution in [2.24, 2.45) is 11.8 Å². The van der Waals surface area contributed by atoms with E-state index in [2.05, 4.69) is 23.8 Å². The third kappa shape index (κ3) is 15.2. The number of amides is 2. The van der Waals surface area contributed by atoms with Gasteiger partial charge in [0.05, 0.1) is 0 Å². The van der Waals surface area contributed by atoms with Crippen molar-refractivity contribution >= 4 is 24.1 Å². The SMILES string of the molecule is C=C(C)C(=O)OC[C@H](COc1ccccc1)OC(=O)NC1CCC(CC2CCC(NC(=O)O[C@H](COC(=O)C(=C)C)COc3ccccc3)CC2)CC1. The number of para-hydroxylation sites is 2. The highest BCUT2D eigenvalue weighted by Gasteiger charge is 2.30. The highest BCUT2D eigenvalue weighted by Crippen LogP contribution is 2.35. The van der Waals surface area contributed by atoms with E-state index in [1.165, 1.54) is 0 Å². The molecule has 0 aromatic heterocycles. The van der Waals surface area contributed by atoms with Gasteiger partial charge in [0.25, 0.3) is 0 Å². The molecule has 288 valence electrons. The summed E-state index contributed by atoms with van der Waals surface area (Å²) in [6.07, 6.45) is 5.88. The Morgan fingerprint density at radius 1 is 0.585 bits per heavy atom. The maximum Gasteiger partial charge on any atom is 0.407 e. The Balaban J connectivity index is 1.14. The lowest BCUT2D eigenvalue weighted by atomic mass is 9.76. The number of esters is 2. The molecule has 2 aliphatic rings. The van der Waals surface area contributed by atoms with Crippen molar-refractivity contribution in [2.45, 2.75) is 95.9 Å². The quantitative estimate of drug-likeness (QED) is 0.0925. The molecule has 2 saturated carbocycles. The number of ether oxygens (including phenoxy) is 6. The molecule has 12 nitrogen and oxygen atoms in total. The number of carbonyl (C=O) groups excluding carboxylic acids is 4. The third-order valence-corrected chi connectivity index (χ3v) is 9.41. The number of benzene rings is 2. The van der Waals surface area contributed by atoms with Crippen molar-refractivity contribution in [1.82, 2.24) is 10.6 Å². The lowest BCUT2D eigenvalue weighted by Crippen LogP contribution is -2.42. The van der Waals surface area contributed by atoms with Gasteiger partial charge in [0.2, 0.25) is 0 Å². The summed E-state index contributed by atoms with van der Waals surface area (Å²) in [6.45, 7) is 10.1. The van der Waals surface area contributed by atoms with Crippen LogP contribution in [0.4, 0.5) is 9.59 Å². The number of hydrogen-bond acceptors (Lipinski definition) is 10. The summed E-state index contributed by atoms with van der Waals surface area (Å²) in [7, 11) is 0. The molecular formula is C41H54N2O10. The van der Waals surface area contributed by atoms with Crippen LogP contribution in [0.1, 0.15) is 71.6 Å². The molecule has 2 fully saturated rings. The molecule has 53 heavy (non-hydrogen) atoms. The first-order chi connectivity index (χ1) is 25.5. The Morgan fingerprint density at radius 3 is 1.28 bits per heavy atom. The van der Waals surface area contributed by atoms with Crippen LogP contribution < -0.4 is 20.1 Å². The molecule has 2 aliphatic carbocycles. The van der Waals surface area contributed by atoms with E-state index in [-0.39, 0.29) is 49.7 Å². The number of nitrogens with one attached hydrogen (secondary N) is 2. The Morgan fingerprint density at radius 2 is 0.943 bits per heavy atom. The third-order valence-electron chi connectivity index (χ3n) is 9.41. The van der Waals surface area contributed by atoms with Crippen molar-refractivity contribution in [3.8, 4) is 11.5 Å². The number of carbonyl (C=O) groups is 4. The molecule has 2 amide bonds. The lowest BCUT2D eigenvalue weighted by molar-refractivity contribution is -0.143. The van der Waals surface area contributed by atoms with Crippen LogP contribution in [0.15, 0.2) is 85.0 Å². The van der Waals surface area contributed by atoms with Gasteiger partial charge in [-0.15, -0.1) is 0 Å². The molecule has 2 aromatic carbocycles. The van der Waals surface area contributed by atoms with E-state index in [0.29, 0.717) is 23.3 Å². The molecule has 0 aliphatic heterocycles. The zero-order valence-corrected chi connectivity index (χ0v) is 30.9. The summed E-state index contributed by atoms with van der Waals surface area (Å²) < 4.78 is 33.2. The van der Waals surface area contributed by atoms with Crippen molar-refractivity contribution in [3.63, 3.8) is 0 Å². The normalized spacial score (nSPS) is 20.7. The molecule has 2 N–H and O–H groups in total. The molecule has 12 heteroatoms. The largest absolute Gasteiger partial charge is 0.490 e. The minimum Gasteiger partial charge on any atom is -0.490 e. The Hall–Kier alpha value is -5.00. The van der Waals surface area contributed by atoms with Gasteiger partial charge in [0.1, 0.15) is 37.9 Å². The molecule has 0 bridgehead atoms. The van der Waals surface area contributed by atoms with Crippen LogP contribution in [0.25, 0.3) is 0 Å². The molecule has 2 atom stereocenters. The van der Waals surface area contributed by atoms with Gasteiger partial charge in [-0.05, 0) is 108 Å². The maximum absolute atomic E-state index is 12.8. The van der Waals surface area contributed by atoms with E-state index in [0.717, 1.165) is 57.8 Å². The Labute approximate surface area is 312 Å². The van der Waals surface area contributed by atoms with Gasteiger partial charge in [-0.25, -0.2) is 19.2 Å². The number of hydrogen-bond donors (Lipinski definition) is 2. The topological polar surface area (TPSA) is 148 Å². The minimum atomic E-state index is -0.789. The van der Waals surface area contributed by atoms with Gasteiger partial charge in [0, 0.05) is 23.2 Å². The van der Waals surface area contributed by atoms with Crippen molar-refractivity contribution in [1.29, 1.82) is 0 Å². The molecule has 0 radical (unpaired) electrons. The smallest absolute Gasteiger partial charge is 0.407 e. The first-order valence-corrected chi connectivity index (χ1v) is 18.5. The molecular weight excluding hydrogens is 680 g/mol. The molecule has 0 spiro atoms. The van der Waals surface area contributed by atoms with E-state index in [9.17, 15) is 19.2 Å². The first-order valence-electron chi connectivity index (χ1n) is 18.5. The van der Waals surface area contributed by atoms with Crippen LogP contribution in [0, 0.1) is 11.8 Å². The van der Waals surface area contributed by atoms with Crippen molar-refractivity contribution in [2.75, 3.05) is 26.4 Å².